The van der Waals surface area contributed by atoms with Gasteiger partial charge in [0.15, 0.2) is 4.34 Å². The van der Waals surface area contributed by atoms with Gasteiger partial charge in [-0.1, -0.05) is 82.3 Å². The van der Waals surface area contributed by atoms with E-state index in [9.17, 15) is 9.59 Å². The van der Waals surface area contributed by atoms with Gasteiger partial charge in [-0.15, -0.1) is 11.3 Å². The first-order valence-electron chi connectivity index (χ1n) is 11.6. The Labute approximate surface area is 231 Å². The van der Waals surface area contributed by atoms with E-state index in [1.807, 2.05) is 60.7 Å². The van der Waals surface area contributed by atoms with Crippen LogP contribution in [0.2, 0.25) is 0 Å². The molecule has 0 fully saturated rings. The Balaban J connectivity index is 1.26. The smallest absolute Gasteiger partial charge is 0.256 e. The van der Waals surface area contributed by atoms with E-state index in [0.717, 1.165) is 30.3 Å². The second kappa shape index (κ2) is 11.7. The summed E-state index contributed by atoms with van der Waals surface area (Å²) < 4.78 is 3.03. The van der Waals surface area contributed by atoms with Crippen LogP contribution in [-0.2, 0) is 12.3 Å². The molecule has 2 amide bonds. The highest BCUT2D eigenvalue weighted by Crippen LogP contribution is 2.33. The zero-order valence-electron chi connectivity index (χ0n) is 19.6. The van der Waals surface area contributed by atoms with Gasteiger partial charge in [-0.3, -0.25) is 9.59 Å². The number of thioether (sulfide) groups is 1. The summed E-state index contributed by atoms with van der Waals surface area (Å²) in [6.45, 7) is 0.389. The van der Waals surface area contributed by atoms with Crippen molar-refractivity contribution in [3.05, 3.63) is 124 Å². The Kier molecular flexibility index (Phi) is 7.99. The Morgan fingerprint density at radius 3 is 2.27 bits per heavy atom. The van der Waals surface area contributed by atoms with Crippen molar-refractivity contribution in [1.29, 1.82) is 0 Å². The van der Waals surface area contributed by atoms with Gasteiger partial charge in [0.05, 0.1) is 21.3 Å². The van der Waals surface area contributed by atoms with Crippen molar-refractivity contribution >= 4 is 66.7 Å². The number of thiazole rings is 1. The normalized spacial score (nSPS) is 10.8. The van der Waals surface area contributed by atoms with Gasteiger partial charge in [0.2, 0.25) is 0 Å². The number of nitrogens with zero attached hydrogens (tertiary/aromatic N) is 1. The third kappa shape index (κ3) is 6.46. The lowest BCUT2D eigenvalue weighted by Crippen LogP contribution is -2.26. The van der Waals surface area contributed by atoms with E-state index in [1.54, 1.807) is 47.4 Å². The molecule has 0 spiro atoms. The third-order valence-corrected chi connectivity index (χ3v) is 8.38. The molecule has 0 radical (unpaired) electrons. The SMILES string of the molecule is O=C(NCc1ccccc1)c1ccccc1C(=O)Nc1ccc2nc(SCc3ccc(Br)cc3)sc2c1. The Morgan fingerprint density at radius 2 is 1.51 bits per heavy atom. The van der Waals surface area contributed by atoms with E-state index >= 15 is 0 Å². The van der Waals surface area contributed by atoms with Gasteiger partial charge in [-0.25, -0.2) is 4.98 Å². The topological polar surface area (TPSA) is 71.1 Å². The molecule has 184 valence electrons. The predicted molar refractivity (Wildman–Crippen MR) is 155 cm³/mol. The minimum absolute atomic E-state index is 0.292. The molecule has 8 heteroatoms. The summed E-state index contributed by atoms with van der Waals surface area (Å²) in [5.41, 5.74) is 4.42. The Hall–Kier alpha value is -3.46. The number of hydrogen-bond acceptors (Lipinski definition) is 5. The van der Waals surface area contributed by atoms with Crippen LogP contribution in [-0.4, -0.2) is 16.8 Å². The monoisotopic (exact) mass is 587 g/mol. The lowest BCUT2D eigenvalue weighted by Gasteiger charge is -2.11. The largest absolute Gasteiger partial charge is 0.348 e. The van der Waals surface area contributed by atoms with Gasteiger partial charge in [0.1, 0.15) is 0 Å². The fourth-order valence-electron chi connectivity index (χ4n) is 3.72. The minimum Gasteiger partial charge on any atom is -0.348 e. The Morgan fingerprint density at radius 1 is 0.811 bits per heavy atom. The van der Waals surface area contributed by atoms with Crippen molar-refractivity contribution in [3.63, 3.8) is 0 Å². The van der Waals surface area contributed by atoms with Gasteiger partial charge in [-0.05, 0) is 53.6 Å². The maximum Gasteiger partial charge on any atom is 0.256 e. The van der Waals surface area contributed by atoms with E-state index in [2.05, 4.69) is 38.7 Å². The number of aromatic nitrogens is 1. The van der Waals surface area contributed by atoms with Crippen molar-refractivity contribution in [1.82, 2.24) is 10.3 Å². The summed E-state index contributed by atoms with van der Waals surface area (Å²) >= 11 is 6.75. The number of hydrogen-bond donors (Lipinski definition) is 2. The average Bonchev–Trinajstić information content (AvgIpc) is 3.34. The second-order valence-electron chi connectivity index (χ2n) is 8.25. The molecule has 5 nitrogen and oxygen atoms in total. The number of rotatable bonds is 8. The van der Waals surface area contributed by atoms with E-state index in [1.165, 1.54) is 5.56 Å². The molecule has 0 saturated heterocycles. The van der Waals surface area contributed by atoms with Crippen LogP contribution in [0.4, 0.5) is 5.69 Å². The third-order valence-electron chi connectivity index (χ3n) is 5.61. The number of amides is 2. The molecule has 0 atom stereocenters. The van der Waals surface area contributed by atoms with E-state index in [4.69, 9.17) is 4.98 Å². The maximum absolute atomic E-state index is 13.1. The molecule has 5 aromatic rings. The molecule has 4 aromatic carbocycles. The molecular weight excluding hydrogens is 566 g/mol. The Bertz CT molecular complexity index is 1550. The second-order valence-corrected chi connectivity index (χ2v) is 11.4. The molecule has 0 aliphatic carbocycles. The standard InChI is InChI=1S/C29H22BrN3O2S2/c30-21-12-10-20(11-13-21)18-36-29-33-25-15-14-22(16-26(25)37-29)32-28(35)24-9-5-4-8-23(24)27(34)31-17-19-6-2-1-3-7-19/h1-16H,17-18H2,(H,31,34)(H,32,35). The maximum atomic E-state index is 13.1. The molecule has 0 saturated carbocycles. The first-order valence-corrected chi connectivity index (χ1v) is 14.1. The molecule has 1 aromatic heterocycles. The van der Waals surface area contributed by atoms with Crippen LogP contribution < -0.4 is 10.6 Å². The fourth-order valence-corrected chi connectivity index (χ4v) is 6.05. The van der Waals surface area contributed by atoms with Crippen LogP contribution in [0.3, 0.4) is 0 Å². The molecule has 0 aliphatic rings. The van der Waals surface area contributed by atoms with E-state index in [-0.39, 0.29) is 11.8 Å². The van der Waals surface area contributed by atoms with Crippen molar-refractivity contribution in [2.45, 2.75) is 16.6 Å². The minimum atomic E-state index is -0.334. The summed E-state index contributed by atoms with van der Waals surface area (Å²) in [4.78, 5) is 30.7. The highest BCUT2D eigenvalue weighted by molar-refractivity contribution is 9.10. The van der Waals surface area contributed by atoms with Crippen molar-refractivity contribution in [2.75, 3.05) is 5.32 Å². The number of nitrogens with one attached hydrogen (secondary N) is 2. The first kappa shape index (κ1) is 25.2. The predicted octanol–water partition coefficient (Wildman–Crippen LogP) is 7.53. The van der Waals surface area contributed by atoms with Gasteiger partial charge in [0.25, 0.3) is 11.8 Å². The molecule has 0 aliphatic heterocycles. The van der Waals surface area contributed by atoms with Crippen LogP contribution >= 0.6 is 39.0 Å². The van der Waals surface area contributed by atoms with Crippen molar-refractivity contribution in [2.24, 2.45) is 0 Å². The van der Waals surface area contributed by atoms with Crippen LogP contribution in [0.5, 0.6) is 0 Å². The first-order chi connectivity index (χ1) is 18.0. The van der Waals surface area contributed by atoms with E-state index in [0.29, 0.717) is 23.4 Å². The molecule has 0 unspecified atom stereocenters. The molecule has 5 rings (SSSR count). The summed E-state index contributed by atoms with van der Waals surface area (Å²) in [5.74, 6) is 0.207. The molecule has 1 heterocycles. The fraction of sp³-hybridized carbons (Fsp3) is 0.0690. The number of fused-ring (bicyclic) bond motifs is 1. The van der Waals surface area contributed by atoms with Crippen LogP contribution in [0, 0.1) is 0 Å². The van der Waals surface area contributed by atoms with Crippen molar-refractivity contribution in [3.8, 4) is 0 Å². The average molecular weight is 589 g/mol. The van der Waals surface area contributed by atoms with Crippen molar-refractivity contribution < 1.29 is 9.59 Å². The molecule has 2 N–H and O–H groups in total. The number of anilines is 1. The summed E-state index contributed by atoms with van der Waals surface area (Å²) in [6, 6.07) is 30.4. The van der Waals surface area contributed by atoms with Crippen LogP contribution in [0.1, 0.15) is 31.8 Å². The van der Waals surface area contributed by atoms with Gasteiger partial charge in [-0.2, -0.15) is 0 Å². The quantitative estimate of drug-likeness (QED) is 0.184. The summed E-state index contributed by atoms with van der Waals surface area (Å²) in [6.07, 6.45) is 0. The molecular formula is C29H22BrN3O2S2. The number of carbonyl (C=O) groups is 2. The zero-order valence-corrected chi connectivity index (χ0v) is 22.8. The highest BCUT2D eigenvalue weighted by atomic mass is 79.9. The van der Waals surface area contributed by atoms with Crippen LogP contribution in [0.15, 0.2) is 106 Å². The summed E-state index contributed by atoms with van der Waals surface area (Å²) in [5, 5.41) is 5.84. The number of benzene rings is 4. The zero-order chi connectivity index (χ0) is 25.6. The summed E-state index contributed by atoms with van der Waals surface area (Å²) in [7, 11) is 0. The van der Waals surface area contributed by atoms with Gasteiger partial charge in [0, 0.05) is 22.5 Å². The van der Waals surface area contributed by atoms with Crippen LogP contribution in [0.25, 0.3) is 10.2 Å². The lowest BCUT2D eigenvalue weighted by atomic mass is 10.1. The van der Waals surface area contributed by atoms with E-state index < -0.39 is 0 Å². The number of halogens is 1. The number of carbonyl (C=O) groups excluding carboxylic acids is 2. The van der Waals surface area contributed by atoms with Gasteiger partial charge >= 0.3 is 0 Å². The molecule has 0 bridgehead atoms. The molecule has 37 heavy (non-hydrogen) atoms. The lowest BCUT2D eigenvalue weighted by molar-refractivity contribution is 0.0938. The highest BCUT2D eigenvalue weighted by Gasteiger charge is 2.17. The van der Waals surface area contributed by atoms with Gasteiger partial charge < -0.3 is 10.6 Å².